The number of unbranched alkanes of at least 4 members (excludes halogenated alkanes) is 1. The van der Waals surface area contributed by atoms with Gasteiger partial charge >= 0.3 is 0 Å². The highest BCUT2D eigenvalue weighted by molar-refractivity contribution is 4.75. The zero-order valence-electron chi connectivity index (χ0n) is 9.89. The molecule has 1 N–H and O–H groups in total. The summed E-state index contributed by atoms with van der Waals surface area (Å²) in [6.07, 6.45) is 6.65. The number of hydrogen-bond donors (Lipinski definition) is 1. The maximum atomic E-state index is 3.65. The van der Waals surface area contributed by atoms with Crippen LogP contribution in [0.1, 0.15) is 46.0 Å². The molecule has 0 radical (unpaired) electrons. The molecule has 1 aliphatic heterocycles. The molecule has 1 atom stereocenters. The summed E-state index contributed by atoms with van der Waals surface area (Å²) in [6, 6.07) is 0.749. The van der Waals surface area contributed by atoms with Gasteiger partial charge in [0.05, 0.1) is 0 Å². The second-order valence-corrected chi connectivity index (χ2v) is 4.45. The Morgan fingerprint density at radius 1 is 1.29 bits per heavy atom. The Balaban J connectivity index is 2.27. The van der Waals surface area contributed by atoms with Crippen LogP contribution < -0.4 is 5.32 Å². The first-order valence-corrected chi connectivity index (χ1v) is 6.32. The molecule has 1 heterocycles. The summed E-state index contributed by atoms with van der Waals surface area (Å²) in [6.45, 7) is 9.65. The Kier molecular flexibility index (Phi) is 6.20. The van der Waals surface area contributed by atoms with Gasteiger partial charge < -0.3 is 10.2 Å². The van der Waals surface area contributed by atoms with E-state index in [-0.39, 0.29) is 0 Å². The van der Waals surface area contributed by atoms with E-state index in [1.54, 1.807) is 0 Å². The molecule has 1 saturated heterocycles. The van der Waals surface area contributed by atoms with Crippen LogP contribution in [0.25, 0.3) is 0 Å². The molecule has 1 unspecified atom stereocenters. The predicted octanol–water partition coefficient (Wildman–Crippen LogP) is 2.25. The van der Waals surface area contributed by atoms with Gasteiger partial charge in [-0.05, 0) is 38.9 Å². The van der Waals surface area contributed by atoms with E-state index in [0.717, 1.165) is 6.04 Å². The first kappa shape index (κ1) is 12.0. The molecule has 84 valence electrons. The maximum absolute atomic E-state index is 3.65. The van der Waals surface area contributed by atoms with E-state index in [1.165, 1.54) is 58.3 Å². The molecule has 0 spiro atoms. The fraction of sp³-hybridized carbons (Fsp3) is 1.00. The number of nitrogens with one attached hydrogen (secondary N) is 1. The van der Waals surface area contributed by atoms with Crippen LogP contribution in [-0.2, 0) is 0 Å². The minimum atomic E-state index is 0.749. The molecule has 1 aliphatic rings. The van der Waals surface area contributed by atoms with E-state index in [2.05, 4.69) is 24.1 Å². The van der Waals surface area contributed by atoms with Gasteiger partial charge in [0.15, 0.2) is 0 Å². The van der Waals surface area contributed by atoms with Crippen LogP contribution in [0.2, 0.25) is 0 Å². The van der Waals surface area contributed by atoms with Crippen LogP contribution >= 0.6 is 0 Å². The van der Waals surface area contributed by atoms with Gasteiger partial charge in [-0.2, -0.15) is 0 Å². The van der Waals surface area contributed by atoms with Crippen molar-refractivity contribution in [3.8, 4) is 0 Å². The van der Waals surface area contributed by atoms with Crippen LogP contribution in [0, 0.1) is 0 Å². The lowest BCUT2D eigenvalue weighted by molar-refractivity contribution is 0.259. The standard InChI is InChI=1S/C12H26N2/c1-3-5-9-14-10-6-8-13-12(11-14)7-4-2/h12-13H,3-11H2,1-2H3. The highest BCUT2D eigenvalue weighted by atomic mass is 15.2. The summed E-state index contributed by atoms with van der Waals surface area (Å²) >= 11 is 0. The van der Waals surface area contributed by atoms with Crippen molar-refractivity contribution in [2.24, 2.45) is 0 Å². The lowest BCUT2D eigenvalue weighted by atomic mass is 10.1. The molecule has 1 fully saturated rings. The molecule has 0 amide bonds. The van der Waals surface area contributed by atoms with Crippen molar-refractivity contribution in [1.29, 1.82) is 0 Å². The largest absolute Gasteiger partial charge is 0.313 e. The average Bonchev–Trinajstić information content (AvgIpc) is 2.41. The molecule has 0 aromatic heterocycles. The maximum Gasteiger partial charge on any atom is 0.0194 e. The van der Waals surface area contributed by atoms with Crippen molar-refractivity contribution >= 4 is 0 Å². The number of rotatable bonds is 5. The van der Waals surface area contributed by atoms with Gasteiger partial charge in [-0.25, -0.2) is 0 Å². The molecular weight excluding hydrogens is 172 g/mol. The molecule has 14 heavy (non-hydrogen) atoms. The van der Waals surface area contributed by atoms with Crippen LogP contribution in [-0.4, -0.2) is 37.1 Å². The smallest absolute Gasteiger partial charge is 0.0194 e. The van der Waals surface area contributed by atoms with E-state index in [0.29, 0.717) is 0 Å². The first-order chi connectivity index (χ1) is 6.86. The fourth-order valence-corrected chi connectivity index (χ4v) is 2.20. The summed E-state index contributed by atoms with van der Waals surface area (Å²) in [7, 11) is 0. The van der Waals surface area contributed by atoms with Crippen molar-refractivity contribution in [3.63, 3.8) is 0 Å². The fourth-order valence-electron chi connectivity index (χ4n) is 2.20. The van der Waals surface area contributed by atoms with Gasteiger partial charge in [0.1, 0.15) is 0 Å². The Bertz CT molecular complexity index is 136. The summed E-state index contributed by atoms with van der Waals surface area (Å²) in [5.74, 6) is 0. The highest BCUT2D eigenvalue weighted by Gasteiger charge is 2.15. The summed E-state index contributed by atoms with van der Waals surface area (Å²) < 4.78 is 0. The minimum Gasteiger partial charge on any atom is -0.313 e. The second kappa shape index (κ2) is 7.24. The molecule has 2 heteroatoms. The molecule has 0 aliphatic carbocycles. The SMILES string of the molecule is CCCCN1CCCNC(CCC)C1. The van der Waals surface area contributed by atoms with Gasteiger partial charge in [-0.15, -0.1) is 0 Å². The number of nitrogens with zero attached hydrogens (tertiary/aromatic N) is 1. The van der Waals surface area contributed by atoms with Gasteiger partial charge in [0, 0.05) is 12.6 Å². The lowest BCUT2D eigenvalue weighted by Gasteiger charge is -2.23. The third-order valence-electron chi connectivity index (χ3n) is 3.03. The normalized spacial score (nSPS) is 24.9. The minimum absolute atomic E-state index is 0.749. The Hall–Kier alpha value is -0.0800. The third kappa shape index (κ3) is 4.43. The lowest BCUT2D eigenvalue weighted by Crippen LogP contribution is -2.37. The van der Waals surface area contributed by atoms with Crippen LogP contribution in [0.5, 0.6) is 0 Å². The second-order valence-electron chi connectivity index (χ2n) is 4.45. The summed E-state index contributed by atoms with van der Waals surface area (Å²) in [4.78, 5) is 2.64. The quantitative estimate of drug-likeness (QED) is 0.729. The van der Waals surface area contributed by atoms with Crippen molar-refractivity contribution < 1.29 is 0 Å². The molecule has 0 aromatic rings. The van der Waals surface area contributed by atoms with Crippen LogP contribution in [0.15, 0.2) is 0 Å². The van der Waals surface area contributed by atoms with E-state index in [4.69, 9.17) is 0 Å². The number of hydrogen-bond acceptors (Lipinski definition) is 2. The zero-order valence-corrected chi connectivity index (χ0v) is 9.89. The van der Waals surface area contributed by atoms with E-state index >= 15 is 0 Å². The molecular formula is C12H26N2. The van der Waals surface area contributed by atoms with Crippen LogP contribution in [0.4, 0.5) is 0 Å². The van der Waals surface area contributed by atoms with Crippen molar-refractivity contribution in [1.82, 2.24) is 10.2 Å². The van der Waals surface area contributed by atoms with Gasteiger partial charge in [0.2, 0.25) is 0 Å². The Morgan fingerprint density at radius 3 is 2.86 bits per heavy atom. The van der Waals surface area contributed by atoms with Crippen molar-refractivity contribution in [3.05, 3.63) is 0 Å². The molecule has 0 saturated carbocycles. The molecule has 2 nitrogen and oxygen atoms in total. The summed E-state index contributed by atoms with van der Waals surface area (Å²) in [5.41, 5.74) is 0. The first-order valence-electron chi connectivity index (χ1n) is 6.32. The van der Waals surface area contributed by atoms with Crippen molar-refractivity contribution in [2.45, 2.75) is 52.0 Å². The van der Waals surface area contributed by atoms with Crippen molar-refractivity contribution in [2.75, 3.05) is 26.2 Å². The van der Waals surface area contributed by atoms with E-state index in [1.807, 2.05) is 0 Å². The van der Waals surface area contributed by atoms with E-state index < -0.39 is 0 Å². The van der Waals surface area contributed by atoms with Gasteiger partial charge in [-0.3, -0.25) is 0 Å². The predicted molar refractivity (Wildman–Crippen MR) is 62.7 cm³/mol. The van der Waals surface area contributed by atoms with E-state index in [9.17, 15) is 0 Å². The molecule has 0 aromatic carbocycles. The van der Waals surface area contributed by atoms with Gasteiger partial charge in [0.25, 0.3) is 0 Å². The zero-order chi connectivity index (χ0) is 10.2. The molecule has 0 bridgehead atoms. The van der Waals surface area contributed by atoms with Crippen LogP contribution in [0.3, 0.4) is 0 Å². The topological polar surface area (TPSA) is 15.3 Å². The monoisotopic (exact) mass is 198 g/mol. The highest BCUT2D eigenvalue weighted by Crippen LogP contribution is 2.06. The Labute approximate surface area is 89.1 Å². The Morgan fingerprint density at radius 2 is 2.14 bits per heavy atom. The third-order valence-corrected chi connectivity index (χ3v) is 3.03. The average molecular weight is 198 g/mol. The molecule has 1 rings (SSSR count). The summed E-state index contributed by atoms with van der Waals surface area (Å²) in [5, 5.41) is 3.65. The van der Waals surface area contributed by atoms with Gasteiger partial charge in [-0.1, -0.05) is 26.7 Å².